The van der Waals surface area contributed by atoms with Crippen molar-refractivity contribution < 1.29 is 19.2 Å². The highest BCUT2D eigenvalue weighted by atomic mass is 79.9. The molecule has 21 heavy (non-hydrogen) atoms. The molecule has 1 amide bonds. The number of ether oxygens (including phenoxy) is 2. The van der Waals surface area contributed by atoms with Crippen LogP contribution >= 0.6 is 15.9 Å². The van der Waals surface area contributed by atoms with Gasteiger partial charge in [0.2, 0.25) is 0 Å². The quantitative estimate of drug-likeness (QED) is 0.767. The van der Waals surface area contributed by atoms with Crippen LogP contribution in [0, 0.1) is 0 Å². The van der Waals surface area contributed by atoms with E-state index in [1.165, 1.54) is 4.90 Å². The Balaban J connectivity index is 1.68. The Labute approximate surface area is 133 Å². The van der Waals surface area contributed by atoms with Crippen molar-refractivity contribution in [2.75, 3.05) is 39.4 Å². The molecule has 0 unspecified atom stereocenters. The number of benzene rings is 1. The first-order valence-electron chi connectivity index (χ1n) is 7.26. The summed E-state index contributed by atoms with van der Waals surface area (Å²) in [5.41, 5.74) is 0. The topological polar surface area (TPSA) is 52.0 Å². The summed E-state index contributed by atoms with van der Waals surface area (Å²) >= 11 is 3.37. The fourth-order valence-electron chi connectivity index (χ4n) is 2.19. The van der Waals surface area contributed by atoms with Gasteiger partial charge in [-0.25, -0.2) is 0 Å². The summed E-state index contributed by atoms with van der Waals surface area (Å²) in [5.74, 6) is 0.616. The van der Waals surface area contributed by atoms with Gasteiger partial charge in [0.25, 0.3) is 5.91 Å². The fourth-order valence-corrected chi connectivity index (χ4v) is 2.45. The molecule has 2 rings (SSSR count). The van der Waals surface area contributed by atoms with Crippen LogP contribution in [-0.2, 0) is 9.53 Å². The zero-order valence-electron chi connectivity index (χ0n) is 12.2. The van der Waals surface area contributed by atoms with Gasteiger partial charge in [0.15, 0.2) is 6.10 Å². The molecule has 1 fully saturated rings. The Hall–Kier alpha value is -1.11. The largest absolute Gasteiger partial charge is 0.481 e. The lowest BCUT2D eigenvalue weighted by Gasteiger charge is -2.24. The predicted octanol–water partition coefficient (Wildman–Crippen LogP) is 0.248. The van der Waals surface area contributed by atoms with Gasteiger partial charge in [-0.1, -0.05) is 15.9 Å². The minimum Gasteiger partial charge on any atom is -0.481 e. The smallest absolute Gasteiger partial charge is 0.260 e. The van der Waals surface area contributed by atoms with Crippen molar-refractivity contribution in [1.29, 1.82) is 0 Å². The zero-order valence-corrected chi connectivity index (χ0v) is 13.8. The third-order valence-corrected chi connectivity index (χ3v) is 4.00. The summed E-state index contributed by atoms with van der Waals surface area (Å²) in [6.07, 6.45) is -0.495. The van der Waals surface area contributed by atoms with Crippen molar-refractivity contribution in [3.8, 4) is 5.75 Å². The van der Waals surface area contributed by atoms with Crippen LogP contribution in [0.25, 0.3) is 0 Å². The van der Waals surface area contributed by atoms with E-state index in [4.69, 9.17) is 9.47 Å². The molecule has 1 aromatic rings. The number of carbonyl (C=O) groups is 1. The van der Waals surface area contributed by atoms with Crippen LogP contribution < -0.4 is 15.0 Å². The van der Waals surface area contributed by atoms with Gasteiger partial charge in [0.1, 0.15) is 18.8 Å². The van der Waals surface area contributed by atoms with Crippen LogP contribution in [0.5, 0.6) is 5.75 Å². The van der Waals surface area contributed by atoms with Crippen molar-refractivity contribution >= 4 is 21.8 Å². The Morgan fingerprint density at radius 3 is 2.71 bits per heavy atom. The maximum absolute atomic E-state index is 12.0. The highest BCUT2D eigenvalue weighted by molar-refractivity contribution is 9.10. The van der Waals surface area contributed by atoms with Crippen LogP contribution in [0.15, 0.2) is 28.7 Å². The molecule has 2 N–H and O–H groups in total. The first-order chi connectivity index (χ1) is 10.1. The molecule has 1 saturated heterocycles. The number of hydrogen-bond donors (Lipinski definition) is 2. The van der Waals surface area contributed by atoms with E-state index in [9.17, 15) is 4.79 Å². The highest BCUT2D eigenvalue weighted by Gasteiger charge is 2.17. The molecule has 0 spiro atoms. The van der Waals surface area contributed by atoms with E-state index in [0.29, 0.717) is 12.3 Å². The summed E-state index contributed by atoms with van der Waals surface area (Å²) < 4.78 is 11.9. The lowest BCUT2D eigenvalue weighted by atomic mass is 10.3. The average Bonchev–Trinajstić information content (AvgIpc) is 2.50. The number of hydrogen-bond acceptors (Lipinski definition) is 3. The molecular weight excluding hydrogens is 336 g/mol. The van der Waals surface area contributed by atoms with Gasteiger partial charge in [-0.3, -0.25) is 4.79 Å². The molecule has 0 aromatic heterocycles. The summed E-state index contributed by atoms with van der Waals surface area (Å²) in [4.78, 5) is 13.5. The Morgan fingerprint density at radius 2 is 2.05 bits per heavy atom. The number of quaternary nitrogens is 1. The van der Waals surface area contributed by atoms with Gasteiger partial charge in [-0.15, -0.1) is 0 Å². The van der Waals surface area contributed by atoms with Gasteiger partial charge in [0.05, 0.1) is 26.3 Å². The van der Waals surface area contributed by atoms with Crippen LogP contribution in [0.2, 0.25) is 0 Å². The number of carbonyl (C=O) groups excluding carboxylic acids is 1. The zero-order chi connectivity index (χ0) is 15.1. The summed E-state index contributed by atoms with van der Waals surface area (Å²) in [6, 6.07) is 7.46. The van der Waals surface area contributed by atoms with E-state index in [-0.39, 0.29) is 5.91 Å². The highest BCUT2D eigenvalue weighted by Crippen LogP contribution is 2.17. The third-order valence-electron chi connectivity index (χ3n) is 3.47. The normalized spacial score (nSPS) is 17.2. The second-order valence-electron chi connectivity index (χ2n) is 5.12. The number of amides is 1. The molecule has 6 heteroatoms. The van der Waals surface area contributed by atoms with E-state index in [2.05, 4.69) is 21.2 Å². The SMILES string of the molecule is C[C@H](Oc1ccc(Br)cc1)C(=O)NCC[NH+]1CCOCC1. The van der Waals surface area contributed by atoms with E-state index in [1.54, 1.807) is 6.92 Å². The third kappa shape index (κ3) is 5.65. The summed E-state index contributed by atoms with van der Waals surface area (Å²) in [6.45, 7) is 7.02. The fraction of sp³-hybridized carbons (Fsp3) is 0.533. The number of nitrogens with one attached hydrogen (secondary N) is 2. The maximum Gasteiger partial charge on any atom is 0.260 e. The monoisotopic (exact) mass is 357 g/mol. The Bertz CT molecular complexity index is 447. The van der Waals surface area contributed by atoms with Crippen LogP contribution in [0.4, 0.5) is 0 Å². The number of morpholine rings is 1. The van der Waals surface area contributed by atoms with Gasteiger partial charge >= 0.3 is 0 Å². The van der Waals surface area contributed by atoms with Crippen LogP contribution in [-0.4, -0.2) is 51.4 Å². The lowest BCUT2D eigenvalue weighted by molar-refractivity contribution is -0.906. The van der Waals surface area contributed by atoms with Crippen LogP contribution in [0.1, 0.15) is 6.92 Å². The predicted molar refractivity (Wildman–Crippen MR) is 83.6 cm³/mol. The molecule has 0 radical (unpaired) electrons. The van der Waals surface area contributed by atoms with Gasteiger partial charge < -0.3 is 19.7 Å². The molecule has 5 nitrogen and oxygen atoms in total. The number of halogens is 1. The minimum absolute atomic E-state index is 0.0782. The van der Waals surface area contributed by atoms with Crippen molar-refractivity contribution in [3.63, 3.8) is 0 Å². The Morgan fingerprint density at radius 1 is 1.38 bits per heavy atom. The van der Waals surface area contributed by atoms with E-state index < -0.39 is 6.10 Å². The second kappa shape index (κ2) is 8.36. The average molecular weight is 358 g/mol. The van der Waals surface area contributed by atoms with Crippen molar-refractivity contribution in [2.24, 2.45) is 0 Å². The Kier molecular flexibility index (Phi) is 6.48. The molecule has 116 valence electrons. The molecule has 1 aromatic carbocycles. The van der Waals surface area contributed by atoms with Gasteiger partial charge in [-0.2, -0.15) is 0 Å². The first kappa shape index (κ1) is 16.3. The van der Waals surface area contributed by atoms with E-state index in [0.717, 1.165) is 37.3 Å². The molecule has 1 aliphatic rings. The molecule has 0 aliphatic carbocycles. The molecule has 1 heterocycles. The van der Waals surface area contributed by atoms with Crippen molar-refractivity contribution in [2.45, 2.75) is 13.0 Å². The summed E-state index contributed by atoms with van der Waals surface area (Å²) in [7, 11) is 0. The number of rotatable bonds is 6. The van der Waals surface area contributed by atoms with Gasteiger partial charge in [-0.05, 0) is 31.2 Å². The minimum atomic E-state index is -0.495. The standard InChI is InChI=1S/C15H21BrN2O3/c1-12(21-14-4-2-13(16)3-5-14)15(19)17-6-7-18-8-10-20-11-9-18/h2-5,12H,6-11H2,1H3,(H,17,19)/p+1/t12-/m0/s1. The van der Waals surface area contributed by atoms with Gasteiger partial charge in [0, 0.05) is 4.47 Å². The first-order valence-corrected chi connectivity index (χ1v) is 8.05. The molecule has 0 saturated carbocycles. The van der Waals surface area contributed by atoms with Crippen molar-refractivity contribution in [3.05, 3.63) is 28.7 Å². The maximum atomic E-state index is 12.0. The lowest BCUT2D eigenvalue weighted by Crippen LogP contribution is -3.14. The molecule has 0 bridgehead atoms. The van der Waals surface area contributed by atoms with Crippen molar-refractivity contribution in [1.82, 2.24) is 5.32 Å². The van der Waals surface area contributed by atoms with Crippen LogP contribution in [0.3, 0.4) is 0 Å². The molecule has 1 atom stereocenters. The summed E-state index contributed by atoms with van der Waals surface area (Å²) in [5, 5.41) is 2.93. The van der Waals surface area contributed by atoms with E-state index in [1.807, 2.05) is 24.3 Å². The van der Waals surface area contributed by atoms with E-state index >= 15 is 0 Å². The molecule has 1 aliphatic heterocycles. The second-order valence-corrected chi connectivity index (χ2v) is 6.03. The molecular formula is C15H22BrN2O3+.